The highest BCUT2D eigenvalue weighted by atomic mass is 16.3. The number of hydrogen-bond donors (Lipinski definition) is 2. The summed E-state index contributed by atoms with van der Waals surface area (Å²) in [5.74, 6) is -0.0741. The molecule has 5 aromatic rings. The van der Waals surface area contributed by atoms with Gasteiger partial charge >= 0.3 is 0 Å². The summed E-state index contributed by atoms with van der Waals surface area (Å²) in [6.45, 7) is 0. The van der Waals surface area contributed by atoms with Gasteiger partial charge in [-0.2, -0.15) is 0 Å². The number of aromatic hydroxyl groups is 2. The molecule has 0 aliphatic rings. The van der Waals surface area contributed by atoms with Gasteiger partial charge in [0, 0.05) is 21.5 Å². The summed E-state index contributed by atoms with van der Waals surface area (Å²) in [7, 11) is 0. The van der Waals surface area contributed by atoms with Gasteiger partial charge in [0.05, 0.1) is 0 Å². The maximum atomic E-state index is 10.6. The zero-order chi connectivity index (χ0) is 14.8. The monoisotopic (exact) mass is 284 g/mol. The van der Waals surface area contributed by atoms with Gasteiger partial charge in [-0.15, -0.1) is 0 Å². The highest BCUT2D eigenvalue weighted by molar-refractivity contribution is 6.32. The third-order valence-corrected chi connectivity index (χ3v) is 4.59. The lowest BCUT2D eigenvalue weighted by molar-refractivity contribution is 0.413. The zero-order valence-electron chi connectivity index (χ0n) is 11.7. The molecule has 22 heavy (non-hydrogen) atoms. The van der Waals surface area contributed by atoms with Crippen molar-refractivity contribution in [1.82, 2.24) is 0 Å². The van der Waals surface area contributed by atoms with Crippen LogP contribution in [-0.4, -0.2) is 10.2 Å². The molecule has 0 radical (unpaired) electrons. The van der Waals surface area contributed by atoms with E-state index in [1.54, 1.807) is 0 Å². The molecular weight excluding hydrogens is 272 g/mol. The Hall–Kier alpha value is -3.00. The second-order valence-electron chi connectivity index (χ2n) is 5.74. The van der Waals surface area contributed by atoms with Gasteiger partial charge in [0.2, 0.25) is 0 Å². The van der Waals surface area contributed by atoms with Crippen LogP contribution in [0.2, 0.25) is 0 Å². The van der Waals surface area contributed by atoms with Crippen LogP contribution in [0.1, 0.15) is 0 Å². The van der Waals surface area contributed by atoms with Gasteiger partial charge in [-0.3, -0.25) is 0 Å². The Labute approximate surface area is 126 Å². The van der Waals surface area contributed by atoms with Crippen LogP contribution in [0.4, 0.5) is 0 Å². The summed E-state index contributed by atoms with van der Waals surface area (Å²) in [6.07, 6.45) is 0. The summed E-state index contributed by atoms with van der Waals surface area (Å²) < 4.78 is 0. The number of hydrogen-bond acceptors (Lipinski definition) is 2. The second kappa shape index (κ2) is 3.80. The lowest BCUT2D eigenvalue weighted by atomic mass is 9.90. The predicted molar refractivity (Wildman–Crippen MR) is 91.0 cm³/mol. The largest absolute Gasteiger partial charge is 0.504 e. The van der Waals surface area contributed by atoms with Crippen molar-refractivity contribution >= 4 is 43.1 Å². The minimum absolute atomic E-state index is 0.0343. The van der Waals surface area contributed by atoms with E-state index in [4.69, 9.17) is 0 Å². The Morgan fingerprint density at radius 2 is 1.23 bits per heavy atom. The van der Waals surface area contributed by atoms with Crippen LogP contribution in [0.25, 0.3) is 43.1 Å². The van der Waals surface area contributed by atoms with E-state index in [0.29, 0.717) is 5.39 Å². The number of rotatable bonds is 0. The molecule has 104 valence electrons. The van der Waals surface area contributed by atoms with E-state index in [1.807, 2.05) is 42.5 Å². The van der Waals surface area contributed by atoms with Crippen molar-refractivity contribution in [1.29, 1.82) is 0 Å². The predicted octanol–water partition coefficient (Wildman–Crippen LogP) is 5.15. The quantitative estimate of drug-likeness (QED) is 0.234. The molecule has 2 heteroatoms. The van der Waals surface area contributed by atoms with Crippen LogP contribution in [0.5, 0.6) is 11.5 Å². The Morgan fingerprint density at radius 1 is 0.500 bits per heavy atom. The van der Waals surface area contributed by atoms with E-state index in [1.165, 1.54) is 0 Å². The second-order valence-corrected chi connectivity index (χ2v) is 5.74. The number of phenolic OH excluding ortho intramolecular Hbond substituents is 2. The normalized spacial score (nSPS) is 12.0. The average molecular weight is 284 g/mol. The minimum Gasteiger partial charge on any atom is -0.504 e. The Bertz CT molecular complexity index is 1190. The molecule has 0 aliphatic carbocycles. The first-order valence-corrected chi connectivity index (χ1v) is 7.26. The van der Waals surface area contributed by atoms with E-state index in [2.05, 4.69) is 18.2 Å². The van der Waals surface area contributed by atoms with Crippen molar-refractivity contribution in [2.45, 2.75) is 0 Å². The van der Waals surface area contributed by atoms with E-state index >= 15 is 0 Å². The molecule has 0 saturated carbocycles. The third kappa shape index (κ3) is 1.25. The van der Waals surface area contributed by atoms with E-state index < -0.39 is 0 Å². The molecule has 0 atom stereocenters. The summed E-state index contributed by atoms with van der Waals surface area (Å²) in [6, 6.07) is 20.0. The molecule has 2 nitrogen and oxygen atoms in total. The molecule has 0 bridgehead atoms. The van der Waals surface area contributed by atoms with Crippen molar-refractivity contribution in [3.8, 4) is 11.5 Å². The molecule has 0 unspecified atom stereocenters. The molecule has 0 fully saturated rings. The molecular formula is C20H12O2. The lowest BCUT2D eigenvalue weighted by Gasteiger charge is -2.15. The highest BCUT2D eigenvalue weighted by Crippen LogP contribution is 2.48. The number of phenols is 2. The maximum absolute atomic E-state index is 10.6. The molecule has 0 heterocycles. The van der Waals surface area contributed by atoms with Crippen molar-refractivity contribution in [3.63, 3.8) is 0 Å². The summed E-state index contributed by atoms with van der Waals surface area (Å²) in [5, 5.41) is 28.7. The molecule has 5 rings (SSSR count). The van der Waals surface area contributed by atoms with Gasteiger partial charge in [0.1, 0.15) is 0 Å². The average Bonchev–Trinajstić information content (AvgIpc) is 2.56. The van der Waals surface area contributed by atoms with Crippen LogP contribution < -0.4 is 0 Å². The van der Waals surface area contributed by atoms with Crippen LogP contribution in [0.3, 0.4) is 0 Å². The van der Waals surface area contributed by atoms with Crippen LogP contribution in [0, 0.1) is 0 Å². The van der Waals surface area contributed by atoms with Crippen LogP contribution >= 0.6 is 0 Å². The van der Waals surface area contributed by atoms with Crippen molar-refractivity contribution in [3.05, 3.63) is 60.7 Å². The molecule has 0 spiro atoms. The zero-order valence-corrected chi connectivity index (χ0v) is 11.7. The molecule has 0 aliphatic heterocycles. The summed E-state index contributed by atoms with van der Waals surface area (Å²) in [5.41, 5.74) is 0. The first-order chi connectivity index (χ1) is 10.8. The SMILES string of the molecule is Oc1c(O)c2c3ccccc3cc3ccc4cccc1c4c32. The number of fused-ring (bicyclic) bond motifs is 2. The van der Waals surface area contributed by atoms with Gasteiger partial charge in [-0.25, -0.2) is 0 Å². The van der Waals surface area contributed by atoms with E-state index in [0.717, 1.165) is 37.7 Å². The molecule has 5 aromatic carbocycles. The van der Waals surface area contributed by atoms with E-state index in [-0.39, 0.29) is 11.5 Å². The Balaban J connectivity index is 2.28. The van der Waals surface area contributed by atoms with Crippen molar-refractivity contribution in [2.24, 2.45) is 0 Å². The smallest absolute Gasteiger partial charge is 0.166 e. The summed E-state index contributed by atoms with van der Waals surface area (Å²) >= 11 is 0. The Morgan fingerprint density at radius 3 is 2.14 bits per heavy atom. The van der Waals surface area contributed by atoms with Crippen LogP contribution in [0.15, 0.2) is 60.7 Å². The highest BCUT2D eigenvalue weighted by Gasteiger charge is 2.18. The lowest BCUT2D eigenvalue weighted by Crippen LogP contribution is -1.87. The van der Waals surface area contributed by atoms with Crippen molar-refractivity contribution in [2.75, 3.05) is 0 Å². The standard InChI is InChI=1S/C20H12O2/c21-19-15-7-3-5-11-8-9-13-10-12-4-1-2-6-14(12)18(20(19)22)17(13)16(11)15/h1-10,21-22H. The fraction of sp³-hybridized carbons (Fsp3) is 0. The molecule has 2 N–H and O–H groups in total. The minimum atomic E-state index is -0.0399. The van der Waals surface area contributed by atoms with Gasteiger partial charge < -0.3 is 10.2 Å². The van der Waals surface area contributed by atoms with Crippen LogP contribution in [-0.2, 0) is 0 Å². The van der Waals surface area contributed by atoms with Gasteiger partial charge in [0.15, 0.2) is 11.5 Å². The Kier molecular flexibility index (Phi) is 2.01. The topological polar surface area (TPSA) is 40.5 Å². The van der Waals surface area contributed by atoms with Gasteiger partial charge in [-0.05, 0) is 27.6 Å². The maximum Gasteiger partial charge on any atom is 0.166 e. The van der Waals surface area contributed by atoms with Crippen molar-refractivity contribution < 1.29 is 10.2 Å². The fourth-order valence-corrected chi connectivity index (χ4v) is 3.63. The number of benzene rings is 5. The fourth-order valence-electron chi connectivity index (χ4n) is 3.63. The first kappa shape index (κ1) is 11.6. The molecule has 0 aromatic heterocycles. The summed E-state index contributed by atoms with van der Waals surface area (Å²) in [4.78, 5) is 0. The first-order valence-electron chi connectivity index (χ1n) is 7.26. The van der Waals surface area contributed by atoms with Gasteiger partial charge in [0.25, 0.3) is 0 Å². The van der Waals surface area contributed by atoms with E-state index in [9.17, 15) is 10.2 Å². The van der Waals surface area contributed by atoms with Gasteiger partial charge in [-0.1, -0.05) is 54.6 Å². The third-order valence-electron chi connectivity index (χ3n) is 4.59. The molecule has 0 amide bonds. The molecule has 0 saturated heterocycles.